The van der Waals surface area contributed by atoms with Gasteiger partial charge in [0.05, 0.1) is 12.2 Å². The van der Waals surface area contributed by atoms with Gasteiger partial charge in [0, 0.05) is 24.7 Å². The van der Waals surface area contributed by atoms with E-state index in [1.807, 2.05) is 6.92 Å². The average molecular weight is 382 g/mol. The van der Waals surface area contributed by atoms with E-state index in [-0.39, 0.29) is 24.7 Å². The Morgan fingerprint density at radius 3 is 2.70 bits per heavy atom. The molecule has 27 heavy (non-hydrogen) atoms. The number of rotatable bonds is 5. The number of ether oxygens (including phenoxy) is 3. The number of carbonyl (C=O) groups is 1. The molecule has 7 nitrogen and oxygen atoms in total. The summed E-state index contributed by atoms with van der Waals surface area (Å²) in [7, 11) is 0. The molecule has 1 aliphatic carbocycles. The largest absolute Gasteiger partial charge is 0.481 e. The van der Waals surface area contributed by atoms with Gasteiger partial charge in [0.1, 0.15) is 0 Å². The molecule has 1 spiro atoms. The van der Waals surface area contributed by atoms with E-state index in [0.29, 0.717) is 17.6 Å². The van der Waals surface area contributed by atoms with E-state index >= 15 is 0 Å². The number of carboxylic acid groups (broad SMARTS) is 1. The zero-order valence-corrected chi connectivity index (χ0v) is 16.3. The minimum absolute atomic E-state index is 0.0121. The minimum atomic E-state index is -0.872. The molecule has 0 aromatic carbocycles. The summed E-state index contributed by atoms with van der Waals surface area (Å²) in [5.41, 5.74) is -0.616. The molecule has 0 unspecified atom stereocenters. The van der Waals surface area contributed by atoms with Gasteiger partial charge in [-0.2, -0.15) is 0 Å². The molecule has 4 heterocycles. The number of aliphatic carboxylic acids is 1. The van der Waals surface area contributed by atoms with Crippen LogP contribution in [0.5, 0.6) is 0 Å². The summed E-state index contributed by atoms with van der Waals surface area (Å²) in [6.07, 6.45) is 3.02. The fourth-order valence-corrected chi connectivity index (χ4v) is 5.48. The Bertz CT molecular complexity index is 621. The highest BCUT2D eigenvalue weighted by molar-refractivity contribution is 5.66. The number of allylic oxidation sites excluding steroid dienone is 1. The van der Waals surface area contributed by atoms with Crippen LogP contribution in [0.15, 0.2) is 12.3 Å². The molecular formula is C20H30O7. The second-order valence-electron chi connectivity index (χ2n) is 8.82. The zero-order valence-electron chi connectivity index (χ0n) is 16.3. The average Bonchev–Trinajstić information content (AvgIpc) is 2.84. The van der Waals surface area contributed by atoms with E-state index in [2.05, 4.69) is 20.4 Å². The Kier molecular flexibility index (Phi) is 4.78. The summed E-state index contributed by atoms with van der Waals surface area (Å²) in [5, 5.41) is 8.87. The Labute approximate surface area is 159 Å². The lowest BCUT2D eigenvalue weighted by atomic mass is 9.58. The maximum atomic E-state index is 10.8. The van der Waals surface area contributed by atoms with Gasteiger partial charge in [-0.05, 0) is 38.0 Å². The van der Waals surface area contributed by atoms with Gasteiger partial charge in [0.15, 0.2) is 11.9 Å². The lowest BCUT2D eigenvalue weighted by molar-refractivity contribution is -0.576. The molecule has 1 saturated carbocycles. The normalized spacial score (nSPS) is 48.4. The molecule has 2 bridgehead atoms. The molecule has 0 amide bonds. The standard InChI is InChI=1S/C20H30O7/c1-11-5-7-15-13(3)17(23-12(2)6-8-16(21)22)24-18-20(15)14(11)9-10-19(4,25-18)26-27-20/h11,13-15,17-18H,2,5-10H2,1,3-4H3,(H,21,22)/t11-,13-,14+,15+,17-,18-,19-,20-/m1/s1. The maximum absolute atomic E-state index is 10.8. The molecule has 5 rings (SSSR count). The van der Waals surface area contributed by atoms with Crippen LogP contribution in [0.25, 0.3) is 0 Å². The summed E-state index contributed by atoms with van der Waals surface area (Å²) in [5.74, 6) is -0.219. The lowest BCUT2D eigenvalue weighted by Crippen LogP contribution is -2.70. The Morgan fingerprint density at radius 1 is 1.19 bits per heavy atom. The monoisotopic (exact) mass is 382 g/mol. The lowest BCUT2D eigenvalue weighted by Gasteiger charge is -2.60. The minimum Gasteiger partial charge on any atom is -0.481 e. The molecule has 5 fully saturated rings. The predicted molar refractivity (Wildman–Crippen MR) is 93.9 cm³/mol. The van der Waals surface area contributed by atoms with Gasteiger partial charge in [-0.3, -0.25) is 4.79 Å². The van der Waals surface area contributed by atoms with Crippen molar-refractivity contribution >= 4 is 5.97 Å². The third kappa shape index (κ3) is 3.09. The molecule has 0 aromatic heterocycles. The van der Waals surface area contributed by atoms with Crippen molar-refractivity contribution in [1.82, 2.24) is 0 Å². The van der Waals surface area contributed by atoms with Crippen LogP contribution in [0.1, 0.15) is 59.3 Å². The molecule has 152 valence electrons. The first-order chi connectivity index (χ1) is 12.7. The molecule has 0 radical (unpaired) electrons. The van der Waals surface area contributed by atoms with Crippen molar-refractivity contribution in [1.29, 1.82) is 0 Å². The van der Waals surface area contributed by atoms with Gasteiger partial charge >= 0.3 is 5.97 Å². The number of fused-ring (bicyclic) bond motifs is 2. The van der Waals surface area contributed by atoms with E-state index in [1.54, 1.807) is 0 Å². The van der Waals surface area contributed by atoms with E-state index in [9.17, 15) is 4.79 Å². The number of carboxylic acids is 1. The highest BCUT2D eigenvalue weighted by atomic mass is 17.3. The van der Waals surface area contributed by atoms with Crippen molar-refractivity contribution in [2.75, 3.05) is 0 Å². The van der Waals surface area contributed by atoms with Crippen molar-refractivity contribution in [3.8, 4) is 0 Å². The topological polar surface area (TPSA) is 83.5 Å². The van der Waals surface area contributed by atoms with Crippen molar-refractivity contribution in [2.45, 2.75) is 83.3 Å². The van der Waals surface area contributed by atoms with Crippen molar-refractivity contribution in [2.24, 2.45) is 23.7 Å². The van der Waals surface area contributed by atoms with Crippen molar-refractivity contribution < 1.29 is 33.9 Å². The van der Waals surface area contributed by atoms with Crippen LogP contribution in [-0.4, -0.2) is 35.0 Å². The molecule has 0 aromatic rings. The molecule has 4 saturated heterocycles. The van der Waals surface area contributed by atoms with Crippen LogP contribution in [0, 0.1) is 23.7 Å². The van der Waals surface area contributed by atoms with Crippen LogP contribution >= 0.6 is 0 Å². The Hall–Kier alpha value is -1.15. The number of hydrogen-bond donors (Lipinski definition) is 1. The van der Waals surface area contributed by atoms with Crippen molar-refractivity contribution in [3.05, 3.63) is 12.3 Å². The predicted octanol–water partition coefficient (Wildman–Crippen LogP) is 3.59. The zero-order chi connectivity index (χ0) is 19.4. The highest BCUT2D eigenvalue weighted by Crippen LogP contribution is 2.60. The van der Waals surface area contributed by atoms with Gasteiger partial charge in [-0.1, -0.05) is 20.4 Å². The quantitative estimate of drug-likeness (QED) is 0.575. The van der Waals surface area contributed by atoms with Gasteiger partial charge in [-0.25, -0.2) is 9.78 Å². The van der Waals surface area contributed by atoms with E-state index < -0.39 is 29.9 Å². The fraction of sp³-hybridized carbons (Fsp3) is 0.850. The molecular weight excluding hydrogens is 352 g/mol. The molecule has 4 aliphatic heterocycles. The van der Waals surface area contributed by atoms with Crippen LogP contribution in [0.3, 0.4) is 0 Å². The summed E-state index contributed by atoms with van der Waals surface area (Å²) >= 11 is 0. The molecule has 8 atom stereocenters. The smallest absolute Gasteiger partial charge is 0.303 e. The summed E-state index contributed by atoms with van der Waals surface area (Å²) in [4.78, 5) is 22.7. The van der Waals surface area contributed by atoms with E-state index in [4.69, 9.17) is 29.1 Å². The van der Waals surface area contributed by atoms with E-state index in [1.165, 1.54) is 0 Å². The van der Waals surface area contributed by atoms with Gasteiger partial charge in [0.2, 0.25) is 12.1 Å². The van der Waals surface area contributed by atoms with Crippen LogP contribution in [0.4, 0.5) is 0 Å². The molecule has 7 heteroatoms. The molecule has 5 aliphatic rings. The summed E-state index contributed by atoms with van der Waals surface area (Å²) in [6.45, 7) is 10.1. The van der Waals surface area contributed by atoms with Crippen LogP contribution < -0.4 is 0 Å². The SMILES string of the molecule is C=C(CCC(=O)O)O[C@@H]1O[C@@H]2O[C@@]3(C)CC[C@H]4[C@H](C)CC[C@@H]([C@H]1C)[C@@]24OO3. The van der Waals surface area contributed by atoms with Gasteiger partial charge in [0.25, 0.3) is 0 Å². The fourth-order valence-electron chi connectivity index (χ4n) is 5.48. The second kappa shape index (κ2) is 6.72. The first kappa shape index (κ1) is 19.2. The summed E-state index contributed by atoms with van der Waals surface area (Å²) < 4.78 is 18.5. The second-order valence-corrected chi connectivity index (χ2v) is 8.82. The first-order valence-electron chi connectivity index (χ1n) is 10.0. The van der Waals surface area contributed by atoms with Crippen LogP contribution in [0.2, 0.25) is 0 Å². The third-order valence-corrected chi connectivity index (χ3v) is 7.00. The van der Waals surface area contributed by atoms with E-state index in [0.717, 1.165) is 25.7 Å². The maximum Gasteiger partial charge on any atom is 0.303 e. The number of hydrogen-bond acceptors (Lipinski definition) is 6. The van der Waals surface area contributed by atoms with Crippen LogP contribution in [-0.2, 0) is 28.8 Å². The van der Waals surface area contributed by atoms with Gasteiger partial charge in [-0.15, -0.1) is 0 Å². The molecule has 1 N–H and O–H groups in total. The van der Waals surface area contributed by atoms with Gasteiger partial charge < -0.3 is 19.3 Å². The highest BCUT2D eigenvalue weighted by Gasteiger charge is 2.69. The Balaban J connectivity index is 1.58. The first-order valence-corrected chi connectivity index (χ1v) is 10.0. The van der Waals surface area contributed by atoms with Crippen molar-refractivity contribution in [3.63, 3.8) is 0 Å². The third-order valence-electron chi connectivity index (χ3n) is 7.00. The summed E-state index contributed by atoms with van der Waals surface area (Å²) in [6, 6.07) is 0. The Morgan fingerprint density at radius 2 is 1.96 bits per heavy atom.